The Morgan fingerprint density at radius 1 is 1.23 bits per heavy atom. The summed E-state index contributed by atoms with van der Waals surface area (Å²) in [5, 5.41) is 4.07. The van der Waals surface area contributed by atoms with Crippen LogP contribution in [-0.2, 0) is 10.0 Å². The number of nitrogens with zero attached hydrogens (tertiary/aromatic N) is 1. The van der Waals surface area contributed by atoms with Gasteiger partial charge in [0.05, 0.1) is 22.6 Å². The summed E-state index contributed by atoms with van der Waals surface area (Å²) >= 11 is 1.59. The predicted molar refractivity (Wildman–Crippen MR) is 89.2 cm³/mol. The van der Waals surface area contributed by atoms with E-state index < -0.39 is 10.0 Å². The van der Waals surface area contributed by atoms with Crippen LogP contribution in [0.3, 0.4) is 0 Å². The highest BCUT2D eigenvalue weighted by Crippen LogP contribution is 2.18. The van der Waals surface area contributed by atoms with Crippen LogP contribution >= 0.6 is 11.3 Å². The van der Waals surface area contributed by atoms with Gasteiger partial charge in [-0.05, 0) is 49.7 Å². The van der Waals surface area contributed by atoms with Gasteiger partial charge in [-0.15, -0.1) is 11.3 Å². The predicted octanol–water partition coefficient (Wildman–Crippen LogP) is 3.16. The molecule has 1 aromatic carbocycles. The van der Waals surface area contributed by atoms with Gasteiger partial charge < -0.3 is 4.74 Å². The zero-order valence-electron chi connectivity index (χ0n) is 12.7. The number of hydrazone groups is 1. The summed E-state index contributed by atoms with van der Waals surface area (Å²) in [6.45, 7) is 3.94. The molecule has 0 aliphatic heterocycles. The lowest BCUT2D eigenvalue weighted by Crippen LogP contribution is -2.20. The third-order valence-electron chi connectivity index (χ3n) is 3.03. The van der Waals surface area contributed by atoms with E-state index >= 15 is 0 Å². The number of hydrogen-bond donors (Lipinski definition) is 1. The lowest BCUT2D eigenvalue weighted by molar-refractivity contribution is 0.414. The molecular formula is C15H18N2O3S2. The lowest BCUT2D eigenvalue weighted by Gasteiger charge is -2.06. The number of ether oxygens (including phenoxy) is 1. The van der Waals surface area contributed by atoms with Crippen molar-refractivity contribution in [1.82, 2.24) is 4.83 Å². The van der Waals surface area contributed by atoms with Gasteiger partial charge in [-0.2, -0.15) is 18.4 Å². The molecule has 0 atom stereocenters. The van der Waals surface area contributed by atoms with Gasteiger partial charge in [0.2, 0.25) is 0 Å². The van der Waals surface area contributed by atoms with E-state index in [0.717, 1.165) is 15.5 Å². The van der Waals surface area contributed by atoms with Gasteiger partial charge >= 0.3 is 0 Å². The highest BCUT2D eigenvalue weighted by atomic mass is 32.2. The number of nitrogens with one attached hydrogen (secondary N) is 1. The normalized spacial score (nSPS) is 12.2. The van der Waals surface area contributed by atoms with Gasteiger partial charge in [-0.1, -0.05) is 6.92 Å². The first-order chi connectivity index (χ1) is 10.5. The van der Waals surface area contributed by atoms with Crippen LogP contribution in [0.15, 0.2) is 46.4 Å². The highest BCUT2D eigenvalue weighted by molar-refractivity contribution is 7.89. The number of benzene rings is 1. The zero-order chi connectivity index (χ0) is 16.2. The Bertz CT molecular complexity index is 762. The van der Waals surface area contributed by atoms with E-state index in [2.05, 4.69) is 9.93 Å². The molecule has 118 valence electrons. The molecule has 1 aromatic heterocycles. The number of thiophene rings is 1. The van der Waals surface area contributed by atoms with E-state index in [4.69, 9.17) is 4.74 Å². The molecule has 2 rings (SSSR count). The van der Waals surface area contributed by atoms with Gasteiger partial charge in [0.1, 0.15) is 5.75 Å². The third kappa shape index (κ3) is 3.86. The monoisotopic (exact) mass is 338 g/mol. The summed E-state index contributed by atoms with van der Waals surface area (Å²) in [6, 6.07) is 10.1. The maximum atomic E-state index is 12.2. The van der Waals surface area contributed by atoms with E-state index in [0.29, 0.717) is 12.2 Å². The fourth-order valence-electron chi connectivity index (χ4n) is 1.82. The smallest absolute Gasteiger partial charge is 0.276 e. The van der Waals surface area contributed by atoms with E-state index in [1.807, 2.05) is 26.0 Å². The molecule has 0 aliphatic rings. The Kier molecular flexibility index (Phi) is 5.20. The Balaban J connectivity index is 2.21. The van der Waals surface area contributed by atoms with Crippen LogP contribution in [0.4, 0.5) is 0 Å². The molecule has 0 amide bonds. The average molecular weight is 338 g/mol. The molecule has 0 aliphatic carbocycles. The first-order valence-electron chi connectivity index (χ1n) is 6.75. The molecule has 7 heteroatoms. The van der Waals surface area contributed by atoms with Gasteiger partial charge in [-0.3, -0.25) is 0 Å². The molecule has 0 bridgehead atoms. The van der Waals surface area contributed by atoms with Crippen LogP contribution in [0.5, 0.6) is 5.75 Å². The van der Waals surface area contributed by atoms with Crippen molar-refractivity contribution in [2.75, 3.05) is 7.11 Å². The molecule has 0 fully saturated rings. The molecule has 0 unspecified atom stereocenters. The topological polar surface area (TPSA) is 67.8 Å². The van der Waals surface area contributed by atoms with Crippen molar-refractivity contribution < 1.29 is 13.2 Å². The van der Waals surface area contributed by atoms with Crippen molar-refractivity contribution in [3.8, 4) is 5.75 Å². The second kappa shape index (κ2) is 6.93. The fourth-order valence-corrected chi connectivity index (χ4v) is 3.58. The summed E-state index contributed by atoms with van der Waals surface area (Å²) < 4.78 is 29.5. The van der Waals surface area contributed by atoms with Crippen molar-refractivity contribution in [2.45, 2.75) is 25.2 Å². The molecule has 1 heterocycles. The van der Waals surface area contributed by atoms with Crippen LogP contribution < -0.4 is 9.57 Å². The Labute approximate surface area is 134 Å². The summed E-state index contributed by atoms with van der Waals surface area (Å²) in [7, 11) is -2.15. The molecule has 2 aromatic rings. The first kappa shape index (κ1) is 16.5. The van der Waals surface area contributed by atoms with E-state index in [-0.39, 0.29) is 4.90 Å². The fraction of sp³-hybridized carbons (Fsp3) is 0.267. The summed E-state index contributed by atoms with van der Waals surface area (Å²) in [5.41, 5.74) is 0.718. The Morgan fingerprint density at radius 2 is 1.91 bits per heavy atom. The van der Waals surface area contributed by atoms with Crippen LogP contribution in [0, 0.1) is 6.92 Å². The maximum absolute atomic E-state index is 12.2. The van der Waals surface area contributed by atoms with Crippen LogP contribution in [0.2, 0.25) is 0 Å². The van der Waals surface area contributed by atoms with Crippen LogP contribution in [-0.4, -0.2) is 21.2 Å². The van der Waals surface area contributed by atoms with Crippen LogP contribution in [0.25, 0.3) is 0 Å². The van der Waals surface area contributed by atoms with Crippen molar-refractivity contribution >= 4 is 27.1 Å². The molecule has 22 heavy (non-hydrogen) atoms. The zero-order valence-corrected chi connectivity index (χ0v) is 14.3. The number of aryl methyl sites for hydroxylation is 1. The molecule has 0 saturated carbocycles. The van der Waals surface area contributed by atoms with E-state index in [1.165, 1.54) is 19.2 Å². The minimum absolute atomic E-state index is 0.148. The molecule has 5 nitrogen and oxygen atoms in total. The van der Waals surface area contributed by atoms with E-state index in [9.17, 15) is 8.42 Å². The van der Waals surface area contributed by atoms with Gasteiger partial charge in [0.15, 0.2) is 0 Å². The number of hydrogen-bond acceptors (Lipinski definition) is 5. The molecule has 0 saturated heterocycles. The molecule has 0 radical (unpaired) electrons. The average Bonchev–Trinajstić information content (AvgIpc) is 2.94. The SMILES string of the molecule is CCC(=NNS(=O)(=O)c1ccc(OC)cc1)c1ccc(C)s1. The van der Waals surface area contributed by atoms with Crippen molar-refractivity contribution in [3.05, 3.63) is 46.2 Å². The number of methoxy groups -OCH3 is 1. The largest absolute Gasteiger partial charge is 0.497 e. The number of rotatable bonds is 6. The van der Waals surface area contributed by atoms with Gasteiger partial charge in [0, 0.05) is 4.88 Å². The van der Waals surface area contributed by atoms with Crippen molar-refractivity contribution in [1.29, 1.82) is 0 Å². The standard InChI is InChI=1S/C15H18N2O3S2/c1-4-14(15-10-5-11(2)21-15)16-17-22(18,19)13-8-6-12(20-3)7-9-13/h5-10,17H,4H2,1-3H3. The Hall–Kier alpha value is -1.86. The summed E-state index contributed by atoms with van der Waals surface area (Å²) in [5.74, 6) is 0.603. The molecule has 1 N–H and O–H groups in total. The van der Waals surface area contributed by atoms with E-state index in [1.54, 1.807) is 23.5 Å². The van der Waals surface area contributed by atoms with Gasteiger partial charge in [-0.25, -0.2) is 0 Å². The summed E-state index contributed by atoms with van der Waals surface area (Å²) in [4.78, 5) is 4.58. The van der Waals surface area contributed by atoms with Gasteiger partial charge in [0.25, 0.3) is 10.0 Å². The minimum atomic E-state index is -3.68. The quantitative estimate of drug-likeness (QED) is 0.650. The third-order valence-corrected chi connectivity index (χ3v) is 5.30. The first-order valence-corrected chi connectivity index (χ1v) is 9.05. The second-order valence-corrected chi connectivity index (χ2v) is 7.54. The summed E-state index contributed by atoms with van der Waals surface area (Å²) in [6.07, 6.45) is 0.644. The minimum Gasteiger partial charge on any atom is -0.497 e. The maximum Gasteiger partial charge on any atom is 0.276 e. The second-order valence-electron chi connectivity index (χ2n) is 4.59. The van der Waals surface area contributed by atoms with Crippen molar-refractivity contribution in [2.24, 2.45) is 5.10 Å². The van der Waals surface area contributed by atoms with Crippen molar-refractivity contribution in [3.63, 3.8) is 0 Å². The molecule has 0 spiro atoms. The highest BCUT2D eigenvalue weighted by Gasteiger charge is 2.14. The molecular weight excluding hydrogens is 320 g/mol. The number of sulfonamides is 1. The Morgan fingerprint density at radius 3 is 2.41 bits per heavy atom. The van der Waals surface area contributed by atoms with Crippen LogP contribution in [0.1, 0.15) is 23.1 Å². The lowest BCUT2D eigenvalue weighted by atomic mass is 10.2.